The molecule has 0 aliphatic carbocycles. The van der Waals surface area contributed by atoms with Crippen LogP contribution in [-0.2, 0) is 4.79 Å². The fraction of sp³-hybridized carbons (Fsp3) is 0.235. The van der Waals surface area contributed by atoms with Gasteiger partial charge in [-0.1, -0.05) is 35.9 Å². The second-order valence-corrected chi connectivity index (χ2v) is 5.45. The summed E-state index contributed by atoms with van der Waals surface area (Å²) in [5.74, 6) is 0.519. The van der Waals surface area contributed by atoms with Gasteiger partial charge in [0.1, 0.15) is 5.75 Å². The molecular formula is C17H18ClNO2. The standard InChI is InChI=1S/C17H18ClNO2/c1-11-7-8-15(14(18)9-11)19-16(20)10-21-17-12(2)5-4-6-13(17)3/h4-9H,10H2,1-3H3,(H,19,20). The van der Waals surface area contributed by atoms with Crippen LogP contribution in [0.3, 0.4) is 0 Å². The first-order chi connectivity index (χ1) is 9.97. The molecule has 21 heavy (non-hydrogen) atoms. The Kier molecular flexibility index (Phi) is 4.86. The van der Waals surface area contributed by atoms with E-state index in [-0.39, 0.29) is 12.5 Å². The molecule has 0 bridgehead atoms. The molecule has 1 N–H and O–H groups in total. The fourth-order valence-corrected chi connectivity index (χ4v) is 2.35. The van der Waals surface area contributed by atoms with Crippen LogP contribution in [0.25, 0.3) is 0 Å². The van der Waals surface area contributed by atoms with Gasteiger partial charge in [0.2, 0.25) is 0 Å². The lowest BCUT2D eigenvalue weighted by Crippen LogP contribution is -2.20. The largest absolute Gasteiger partial charge is 0.483 e. The maximum Gasteiger partial charge on any atom is 0.262 e. The normalized spacial score (nSPS) is 10.3. The van der Waals surface area contributed by atoms with Gasteiger partial charge in [-0.3, -0.25) is 4.79 Å². The number of hydrogen-bond acceptors (Lipinski definition) is 2. The Bertz CT molecular complexity index is 648. The van der Waals surface area contributed by atoms with Crippen LogP contribution in [0, 0.1) is 20.8 Å². The van der Waals surface area contributed by atoms with E-state index in [1.165, 1.54) is 0 Å². The van der Waals surface area contributed by atoms with Crippen molar-refractivity contribution in [1.29, 1.82) is 0 Å². The van der Waals surface area contributed by atoms with Crippen LogP contribution in [0.5, 0.6) is 5.75 Å². The summed E-state index contributed by atoms with van der Waals surface area (Å²) in [6.45, 7) is 5.81. The third kappa shape index (κ3) is 3.99. The van der Waals surface area contributed by atoms with Gasteiger partial charge in [0.25, 0.3) is 5.91 Å². The van der Waals surface area contributed by atoms with Gasteiger partial charge in [-0.05, 0) is 49.6 Å². The maximum absolute atomic E-state index is 12.0. The summed E-state index contributed by atoms with van der Waals surface area (Å²) in [4.78, 5) is 12.0. The van der Waals surface area contributed by atoms with Gasteiger partial charge in [-0.15, -0.1) is 0 Å². The second-order valence-electron chi connectivity index (χ2n) is 5.04. The smallest absolute Gasteiger partial charge is 0.262 e. The zero-order chi connectivity index (χ0) is 15.4. The van der Waals surface area contributed by atoms with Crippen molar-refractivity contribution < 1.29 is 9.53 Å². The molecule has 0 heterocycles. The molecule has 0 unspecified atom stereocenters. The van der Waals surface area contributed by atoms with Gasteiger partial charge in [0, 0.05) is 0 Å². The molecule has 3 nitrogen and oxygen atoms in total. The molecule has 4 heteroatoms. The molecule has 0 saturated carbocycles. The quantitative estimate of drug-likeness (QED) is 0.915. The number of nitrogens with one attached hydrogen (secondary N) is 1. The van der Waals surface area contributed by atoms with E-state index in [0.717, 1.165) is 22.4 Å². The van der Waals surface area contributed by atoms with Crippen LogP contribution in [0.15, 0.2) is 36.4 Å². The lowest BCUT2D eigenvalue weighted by Gasteiger charge is -2.12. The third-order valence-electron chi connectivity index (χ3n) is 3.16. The Balaban J connectivity index is 1.99. The number of hydrogen-bond donors (Lipinski definition) is 1. The molecule has 0 aromatic heterocycles. The first kappa shape index (κ1) is 15.4. The van der Waals surface area contributed by atoms with Gasteiger partial charge in [0.05, 0.1) is 10.7 Å². The van der Waals surface area contributed by atoms with Crippen molar-refractivity contribution in [2.24, 2.45) is 0 Å². The Morgan fingerprint density at radius 3 is 2.43 bits per heavy atom. The number of para-hydroxylation sites is 1. The van der Waals surface area contributed by atoms with Crippen LogP contribution in [0.1, 0.15) is 16.7 Å². The van der Waals surface area contributed by atoms with E-state index in [4.69, 9.17) is 16.3 Å². The van der Waals surface area contributed by atoms with E-state index in [2.05, 4.69) is 5.32 Å². The van der Waals surface area contributed by atoms with Crippen molar-refractivity contribution in [3.63, 3.8) is 0 Å². The maximum atomic E-state index is 12.0. The summed E-state index contributed by atoms with van der Waals surface area (Å²) >= 11 is 6.09. The van der Waals surface area contributed by atoms with E-state index in [0.29, 0.717) is 10.7 Å². The van der Waals surface area contributed by atoms with E-state index in [9.17, 15) is 4.79 Å². The molecule has 2 aromatic carbocycles. The molecule has 110 valence electrons. The van der Waals surface area contributed by atoms with Crippen LogP contribution < -0.4 is 10.1 Å². The average Bonchev–Trinajstić information content (AvgIpc) is 2.41. The Morgan fingerprint density at radius 2 is 1.81 bits per heavy atom. The topological polar surface area (TPSA) is 38.3 Å². The molecular weight excluding hydrogens is 286 g/mol. The van der Waals surface area contributed by atoms with Crippen molar-refractivity contribution >= 4 is 23.2 Å². The van der Waals surface area contributed by atoms with E-state index in [1.54, 1.807) is 6.07 Å². The third-order valence-corrected chi connectivity index (χ3v) is 3.47. The summed E-state index contributed by atoms with van der Waals surface area (Å²) in [5, 5.41) is 3.27. The number of rotatable bonds is 4. The highest BCUT2D eigenvalue weighted by Gasteiger charge is 2.09. The van der Waals surface area contributed by atoms with E-state index in [1.807, 2.05) is 51.1 Å². The highest BCUT2D eigenvalue weighted by atomic mass is 35.5. The fourth-order valence-electron chi connectivity index (χ4n) is 2.07. The molecule has 0 radical (unpaired) electrons. The molecule has 2 rings (SSSR count). The molecule has 0 saturated heterocycles. The Labute approximate surface area is 129 Å². The van der Waals surface area contributed by atoms with Gasteiger partial charge in [-0.25, -0.2) is 0 Å². The first-order valence-electron chi connectivity index (χ1n) is 6.72. The number of carbonyl (C=O) groups excluding carboxylic acids is 1. The van der Waals surface area contributed by atoms with Crippen LogP contribution in [0.4, 0.5) is 5.69 Å². The van der Waals surface area contributed by atoms with Crippen LogP contribution >= 0.6 is 11.6 Å². The van der Waals surface area contributed by atoms with Gasteiger partial charge in [-0.2, -0.15) is 0 Å². The number of aryl methyl sites for hydroxylation is 3. The van der Waals surface area contributed by atoms with E-state index >= 15 is 0 Å². The monoisotopic (exact) mass is 303 g/mol. The van der Waals surface area contributed by atoms with Gasteiger partial charge in [0.15, 0.2) is 6.61 Å². The number of anilines is 1. The van der Waals surface area contributed by atoms with Crippen molar-refractivity contribution in [2.75, 3.05) is 11.9 Å². The lowest BCUT2D eigenvalue weighted by atomic mass is 10.1. The second kappa shape index (κ2) is 6.64. The first-order valence-corrected chi connectivity index (χ1v) is 7.10. The zero-order valence-corrected chi connectivity index (χ0v) is 13.1. The SMILES string of the molecule is Cc1ccc(NC(=O)COc2c(C)cccc2C)c(Cl)c1. The zero-order valence-electron chi connectivity index (χ0n) is 12.4. The molecule has 1 amide bonds. The summed E-state index contributed by atoms with van der Waals surface area (Å²) < 4.78 is 5.61. The van der Waals surface area contributed by atoms with Crippen molar-refractivity contribution in [3.8, 4) is 5.75 Å². The lowest BCUT2D eigenvalue weighted by molar-refractivity contribution is -0.118. The van der Waals surface area contributed by atoms with Crippen molar-refractivity contribution in [2.45, 2.75) is 20.8 Å². The van der Waals surface area contributed by atoms with Gasteiger partial charge < -0.3 is 10.1 Å². The van der Waals surface area contributed by atoms with Crippen molar-refractivity contribution in [1.82, 2.24) is 0 Å². The number of ether oxygens (including phenoxy) is 1. The number of carbonyl (C=O) groups is 1. The van der Waals surface area contributed by atoms with E-state index < -0.39 is 0 Å². The average molecular weight is 304 g/mol. The van der Waals surface area contributed by atoms with Gasteiger partial charge >= 0.3 is 0 Å². The minimum absolute atomic E-state index is 0.0457. The highest BCUT2D eigenvalue weighted by molar-refractivity contribution is 6.33. The summed E-state index contributed by atoms with van der Waals surface area (Å²) in [6.07, 6.45) is 0. The molecule has 0 aliphatic rings. The molecule has 0 aliphatic heterocycles. The number of benzene rings is 2. The predicted octanol–water partition coefficient (Wildman–Crippen LogP) is 4.28. The minimum atomic E-state index is -0.233. The Morgan fingerprint density at radius 1 is 1.14 bits per heavy atom. The number of amides is 1. The molecule has 0 fully saturated rings. The Hall–Kier alpha value is -2.00. The minimum Gasteiger partial charge on any atom is -0.483 e. The molecule has 0 spiro atoms. The van der Waals surface area contributed by atoms with Crippen LogP contribution in [0.2, 0.25) is 5.02 Å². The predicted molar refractivity (Wildman–Crippen MR) is 86.2 cm³/mol. The van der Waals surface area contributed by atoms with Crippen molar-refractivity contribution in [3.05, 3.63) is 58.1 Å². The molecule has 0 atom stereocenters. The molecule has 2 aromatic rings. The number of halogens is 1. The van der Waals surface area contributed by atoms with Crippen LogP contribution in [-0.4, -0.2) is 12.5 Å². The summed E-state index contributed by atoms with van der Waals surface area (Å²) in [7, 11) is 0. The summed E-state index contributed by atoms with van der Waals surface area (Å²) in [5.41, 5.74) is 3.66. The summed E-state index contributed by atoms with van der Waals surface area (Å²) in [6, 6.07) is 11.4. The highest BCUT2D eigenvalue weighted by Crippen LogP contribution is 2.24.